The Morgan fingerprint density at radius 1 is 1.20 bits per heavy atom. The van der Waals surface area contributed by atoms with Crippen molar-refractivity contribution in [2.45, 2.75) is 26.9 Å². The zero-order valence-electron chi connectivity index (χ0n) is 11.7. The van der Waals surface area contributed by atoms with Crippen LogP contribution in [-0.2, 0) is 0 Å². The van der Waals surface area contributed by atoms with Gasteiger partial charge in [0.1, 0.15) is 5.82 Å². The number of ether oxygens (including phenoxy) is 1. The van der Waals surface area contributed by atoms with E-state index >= 15 is 0 Å². The van der Waals surface area contributed by atoms with Crippen molar-refractivity contribution in [1.29, 1.82) is 0 Å². The van der Waals surface area contributed by atoms with Crippen LogP contribution in [0.5, 0.6) is 6.01 Å². The molecule has 106 valence electrons. The third-order valence-electron chi connectivity index (χ3n) is 2.41. The van der Waals surface area contributed by atoms with Gasteiger partial charge in [0.25, 0.3) is 0 Å². The average Bonchev–Trinajstić information content (AvgIpc) is 2.38. The third kappa shape index (κ3) is 3.40. The Morgan fingerprint density at radius 2 is 1.95 bits per heavy atom. The van der Waals surface area contributed by atoms with Crippen molar-refractivity contribution in [3.8, 4) is 17.4 Å². The molecule has 1 aromatic carbocycles. The second kappa shape index (κ2) is 6.27. The maximum Gasteiger partial charge on any atom is 0.322 e. The summed E-state index contributed by atoms with van der Waals surface area (Å²) in [5.41, 5.74) is 0.322. The molecular weight excluding hydrogens is 259 g/mol. The van der Waals surface area contributed by atoms with Crippen molar-refractivity contribution in [1.82, 2.24) is 15.0 Å². The normalized spacial score (nSPS) is 10.7. The van der Waals surface area contributed by atoms with Crippen LogP contribution in [-0.4, -0.2) is 27.6 Å². The highest BCUT2D eigenvalue weighted by molar-refractivity contribution is 5.57. The molecule has 1 aromatic heterocycles. The summed E-state index contributed by atoms with van der Waals surface area (Å²) in [6.07, 6.45) is -0.0691. The van der Waals surface area contributed by atoms with Gasteiger partial charge in [-0.2, -0.15) is 15.0 Å². The van der Waals surface area contributed by atoms with E-state index in [0.717, 1.165) is 0 Å². The summed E-state index contributed by atoms with van der Waals surface area (Å²) >= 11 is 0. The molecule has 0 atom stereocenters. The number of aromatic nitrogens is 3. The van der Waals surface area contributed by atoms with Crippen LogP contribution in [0.25, 0.3) is 11.4 Å². The van der Waals surface area contributed by atoms with E-state index < -0.39 is 0 Å². The quantitative estimate of drug-likeness (QED) is 0.910. The Kier molecular flexibility index (Phi) is 4.45. The molecule has 6 heteroatoms. The van der Waals surface area contributed by atoms with Gasteiger partial charge in [0.05, 0.1) is 11.7 Å². The molecule has 20 heavy (non-hydrogen) atoms. The summed E-state index contributed by atoms with van der Waals surface area (Å²) in [6.45, 7) is 6.33. The monoisotopic (exact) mass is 276 g/mol. The number of halogens is 1. The molecule has 0 aliphatic rings. The minimum atomic E-state index is -0.378. The van der Waals surface area contributed by atoms with E-state index in [2.05, 4.69) is 20.3 Å². The molecule has 5 nitrogen and oxygen atoms in total. The Labute approximate surface area is 117 Å². The molecule has 0 amide bonds. The predicted molar refractivity (Wildman–Crippen MR) is 75.1 cm³/mol. The minimum absolute atomic E-state index is 0.0691. The van der Waals surface area contributed by atoms with E-state index in [9.17, 15) is 4.39 Å². The van der Waals surface area contributed by atoms with Gasteiger partial charge in [-0.25, -0.2) is 4.39 Å². The number of hydrogen-bond acceptors (Lipinski definition) is 5. The van der Waals surface area contributed by atoms with Crippen LogP contribution in [0.4, 0.5) is 10.3 Å². The van der Waals surface area contributed by atoms with E-state index in [-0.39, 0.29) is 23.8 Å². The van der Waals surface area contributed by atoms with Gasteiger partial charge in [-0.1, -0.05) is 12.1 Å². The van der Waals surface area contributed by atoms with E-state index in [0.29, 0.717) is 18.1 Å². The predicted octanol–water partition coefficient (Wildman–Crippen LogP) is 2.90. The number of anilines is 1. The Morgan fingerprint density at radius 3 is 2.60 bits per heavy atom. The van der Waals surface area contributed by atoms with Gasteiger partial charge in [-0.3, -0.25) is 0 Å². The summed E-state index contributed by atoms with van der Waals surface area (Å²) in [5.74, 6) is 0.248. The van der Waals surface area contributed by atoms with Crippen LogP contribution in [0.1, 0.15) is 20.8 Å². The molecule has 0 saturated heterocycles. The van der Waals surface area contributed by atoms with E-state index in [1.165, 1.54) is 6.07 Å². The lowest BCUT2D eigenvalue weighted by molar-refractivity contribution is 0.222. The molecule has 0 fully saturated rings. The molecule has 1 N–H and O–H groups in total. The fraction of sp³-hybridized carbons (Fsp3) is 0.357. The van der Waals surface area contributed by atoms with Crippen molar-refractivity contribution >= 4 is 5.95 Å². The SMILES string of the molecule is CCNc1nc(OC(C)C)nc(-c2ccccc2F)n1. The van der Waals surface area contributed by atoms with Crippen molar-refractivity contribution in [3.05, 3.63) is 30.1 Å². The second-order valence-electron chi connectivity index (χ2n) is 4.44. The fourth-order valence-corrected chi connectivity index (χ4v) is 1.62. The van der Waals surface area contributed by atoms with E-state index in [1.807, 2.05) is 20.8 Å². The first-order chi connectivity index (χ1) is 9.60. The van der Waals surface area contributed by atoms with Crippen molar-refractivity contribution in [3.63, 3.8) is 0 Å². The Balaban J connectivity index is 2.46. The first-order valence-electron chi connectivity index (χ1n) is 6.51. The highest BCUT2D eigenvalue weighted by Gasteiger charge is 2.13. The van der Waals surface area contributed by atoms with Crippen LogP contribution in [0.3, 0.4) is 0 Å². The smallest absolute Gasteiger partial charge is 0.322 e. The lowest BCUT2D eigenvalue weighted by atomic mass is 10.2. The zero-order chi connectivity index (χ0) is 14.5. The molecular formula is C14H17FN4O. The summed E-state index contributed by atoms with van der Waals surface area (Å²) in [4.78, 5) is 12.5. The third-order valence-corrected chi connectivity index (χ3v) is 2.41. The number of nitrogens with one attached hydrogen (secondary N) is 1. The molecule has 2 aromatic rings. The van der Waals surface area contributed by atoms with E-state index in [1.54, 1.807) is 18.2 Å². The lowest BCUT2D eigenvalue weighted by Crippen LogP contribution is -2.12. The van der Waals surface area contributed by atoms with Crippen LogP contribution < -0.4 is 10.1 Å². The standard InChI is InChI=1S/C14H17FN4O/c1-4-16-13-17-12(10-7-5-6-8-11(10)15)18-14(19-13)20-9(2)3/h5-9H,4H2,1-3H3,(H,16,17,18,19). The Hall–Kier alpha value is -2.24. The minimum Gasteiger partial charge on any atom is -0.461 e. The van der Waals surface area contributed by atoms with Crippen molar-refractivity contribution < 1.29 is 9.13 Å². The number of benzene rings is 1. The zero-order valence-corrected chi connectivity index (χ0v) is 11.7. The topological polar surface area (TPSA) is 59.9 Å². The van der Waals surface area contributed by atoms with Crippen molar-refractivity contribution in [2.24, 2.45) is 0 Å². The number of nitrogens with zero attached hydrogens (tertiary/aromatic N) is 3. The van der Waals surface area contributed by atoms with Gasteiger partial charge in [0, 0.05) is 6.54 Å². The molecule has 0 bridgehead atoms. The fourth-order valence-electron chi connectivity index (χ4n) is 1.62. The van der Waals surface area contributed by atoms with Crippen LogP contribution in [0.2, 0.25) is 0 Å². The summed E-state index contributed by atoms with van der Waals surface area (Å²) in [5, 5.41) is 2.99. The van der Waals surface area contributed by atoms with Gasteiger partial charge in [-0.15, -0.1) is 0 Å². The van der Waals surface area contributed by atoms with Gasteiger partial charge >= 0.3 is 6.01 Å². The van der Waals surface area contributed by atoms with Gasteiger partial charge in [0.2, 0.25) is 5.95 Å². The molecule has 0 spiro atoms. The Bertz CT molecular complexity index is 589. The first-order valence-corrected chi connectivity index (χ1v) is 6.51. The molecule has 0 radical (unpaired) electrons. The molecule has 1 heterocycles. The summed E-state index contributed by atoms with van der Waals surface area (Å²) < 4.78 is 19.3. The number of hydrogen-bond donors (Lipinski definition) is 1. The van der Waals surface area contributed by atoms with Crippen LogP contribution in [0, 0.1) is 5.82 Å². The van der Waals surface area contributed by atoms with Crippen LogP contribution >= 0.6 is 0 Å². The summed E-state index contributed by atoms with van der Waals surface area (Å²) in [7, 11) is 0. The molecule has 0 saturated carbocycles. The second-order valence-corrected chi connectivity index (χ2v) is 4.44. The van der Waals surface area contributed by atoms with Gasteiger partial charge < -0.3 is 10.1 Å². The lowest BCUT2D eigenvalue weighted by Gasteiger charge is -2.11. The first kappa shape index (κ1) is 14.2. The molecule has 0 aliphatic heterocycles. The maximum absolute atomic E-state index is 13.8. The van der Waals surface area contributed by atoms with Crippen LogP contribution in [0.15, 0.2) is 24.3 Å². The maximum atomic E-state index is 13.8. The van der Waals surface area contributed by atoms with E-state index in [4.69, 9.17) is 4.74 Å². The largest absolute Gasteiger partial charge is 0.461 e. The number of rotatable bonds is 5. The highest BCUT2D eigenvalue weighted by atomic mass is 19.1. The van der Waals surface area contributed by atoms with Gasteiger partial charge in [0.15, 0.2) is 5.82 Å². The van der Waals surface area contributed by atoms with Crippen molar-refractivity contribution in [2.75, 3.05) is 11.9 Å². The average molecular weight is 276 g/mol. The molecule has 2 rings (SSSR count). The molecule has 0 unspecified atom stereocenters. The highest BCUT2D eigenvalue weighted by Crippen LogP contribution is 2.21. The van der Waals surface area contributed by atoms with Gasteiger partial charge in [-0.05, 0) is 32.9 Å². The summed E-state index contributed by atoms with van der Waals surface area (Å²) in [6, 6.07) is 6.54. The molecule has 0 aliphatic carbocycles.